The molecule has 1 aromatic heterocycles. The van der Waals surface area contributed by atoms with Crippen LogP contribution in [0.15, 0.2) is 35.6 Å². The summed E-state index contributed by atoms with van der Waals surface area (Å²) in [4.78, 5) is 11.6. The van der Waals surface area contributed by atoms with E-state index in [9.17, 15) is 0 Å². The predicted molar refractivity (Wildman–Crippen MR) is 122 cm³/mol. The van der Waals surface area contributed by atoms with Crippen LogP contribution in [-0.2, 0) is 11.3 Å². The Morgan fingerprint density at radius 1 is 1.13 bits per heavy atom. The van der Waals surface area contributed by atoms with E-state index in [1.807, 2.05) is 19.4 Å². The summed E-state index contributed by atoms with van der Waals surface area (Å²) < 4.78 is 7.83. The molecule has 0 atom stereocenters. The van der Waals surface area contributed by atoms with E-state index in [2.05, 4.69) is 48.3 Å². The number of nitrogens with zero attached hydrogens (tertiary/aromatic N) is 4. The van der Waals surface area contributed by atoms with Gasteiger partial charge in [-0.25, -0.2) is 4.98 Å². The number of guanidine groups is 1. The molecule has 7 heteroatoms. The SMILES string of the molecule is CN=C(NCCCn1cnc2ccccc21)NCC1(N2CCOCC2)CCCCC1. The Morgan fingerprint density at radius 2 is 1.93 bits per heavy atom. The van der Waals surface area contributed by atoms with Crippen molar-refractivity contribution in [3.63, 3.8) is 0 Å². The number of nitrogens with one attached hydrogen (secondary N) is 2. The van der Waals surface area contributed by atoms with Crippen LogP contribution in [-0.4, -0.2) is 72.4 Å². The molecule has 0 spiro atoms. The van der Waals surface area contributed by atoms with Gasteiger partial charge >= 0.3 is 0 Å². The van der Waals surface area contributed by atoms with Gasteiger partial charge in [0, 0.05) is 45.3 Å². The van der Waals surface area contributed by atoms with E-state index >= 15 is 0 Å². The van der Waals surface area contributed by atoms with Crippen LogP contribution in [0, 0.1) is 0 Å². The monoisotopic (exact) mass is 412 g/mol. The van der Waals surface area contributed by atoms with Gasteiger partial charge in [0.2, 0.25) is 0 Å². The molecule has 7 nitrogen and oxygen atoms in total. The summed E-state index contributed by atoms with van der Waals surface area (Å²) in [7, 11) is 1.86. The first-order valence-corrected chi connectivity index (χ1v) is 11.5. The highest BCUT2D eigenvalue weighted by molar-refractivity contribution is 5.79. The summed E-state index contributed by atoms with van der Waals surface area (Å²) >= 11 is 0. The summed E-state index contributed by atoms with van der Waals surface area (Å²) in [5.41, 5.74) is 2.50. The molecule has 0 amide bonds. The molecule has 0 bridgehead atoms. The van der Waals surface area contributed by atoms with E-state index in [-0.39, 0.29) is 5.54 Å². The van der Waals surface area contributed by atoms with Gasteiger partial charge in [-0.3, -0.25) is 9.89 Å². The normalized spacial score (nSPS) is 20.4. The Balaban J connectivity index is 1.26. The van der Waals surface area contributed by atoms with Crippen LogP contribution in [0.2, 0.25) is 0 Å². The molecular formula is C23H36N6O. The molecule has 1 saturated carbocycles. The van der Waals surface area contributed by atoms with Crippen LogP contribution < -0.4 is 10.6 Å². The molecule has 30 heavy (non-hydrogen) atoms. The Bertz CT molecular complexity index is 820. The number of aryl methyl sites for hydroxylation is 1. The quantitative estimate of drug-likeness (QED) is 0.416. The molecule has 164 valence electrons. The first kappa shape index (κ1) is 21.1. The maximum Gasteiger partial charge on any atom is 0.191 e. The Labute approximate surface area is 179 Å². The highest BCUT2D eigenvalue weighted by Crippen LogP contribution is 2.33. The maximum atomic E-state index is 5.60. The molecule has 2 N–H and O–H groups in total. The van der Waals surface area contributed by atoms with Crippen molar-refractivity contribution in [2.45, 2.75) is 50.6 Å². The van der Waals surface area contributed by atoms with Gasteiger partial charge in [-0.2, -0.15) is 0 Å². The highest BCUT2D eigenvalue weighted by Gasteiger charge is 2.38. The van der Waals surface area contributed by atoms with Gasteiger partial charge in [0.25, 0.3) is 0 Å². The molecule has 2 aromatic rings. The summed E-state index contributed by atoms with van der Waals surface area (Å²) in [6.07, 6.45) is 9.51. The zero-order valence-corrected chi connectivity index (χ0v) is 18.3. The number of fused-ring (bicyclic) bond motifs is 1. The molecule has 1 aliphatic carbocycles. The number of benzene rings is 1. The fourth-order valence-corrected chi connectivity index (χ4v) is 4.97. The standard InChI is InChI=1S/C23H36N6O/c1-24-22(25-12-7-13-28-19-27-20-8-3-4-9-21(20)28)26-18-23(10-5-2-6-11-23)29-14-16-30-17-15-29/h3-4,8-9,19H,2,5-7,10-18H2,1H3,(H2,24,25,26). The van der Waals surface area contributed by atoms with Gasteiger partial charge in [0.15, 0.2) is 5.96 Å². The molecule has 2 aliphatic rings. The molecule has 1 aliphatic heterocycles. The lowest BCUT2D eigenvalue weighted by Crippen LogP contribution is -2.60. The van der Waals surface area contributed by atoms with Crippen LogP contribution in [0.4, 0.5) is 0 Å². The number of para-hydroxylation sites is 2. The lowest BCUT2D eigenvalue weighted by molar-refractivity contribution is -0.0352. The molecule has 0 radical (unpaired) electrons. The second-order valence-electron chi connectivity index (χ2n) is 8.52. The fourth-order valence-electron chi connectivity index (χ4n) is 4.97. The predicted octanol–water partition coefficient (Wildman–Crippen LogP) is 2.63. The van der Waals surface area contributed by atoms with Crippen molar-refractivity contribution in [1.82, 2.24) is 25.1 Å². The van der Waals surface area contributed by atoms with Crippen molar-refractivity contribution in [1.29, 1.82) is 0 Å². The molecule has 4 rings (SSSR count). The Hall–Kier alpha value is -2.12. The number of morpholine rings is 1. The number of aromatic nitrogens is 2. The first-order valence-electron chi connectivity index (χ1n) is 11.5. The van der Waals surface area contributed by atoms with E-state index in [4.69, 9.17) is 4.74 Å². The number of ether oxygens (including phenoxy) is 1. The minimum atomic E-state index is 0.245. The van der Waals surface area contributed by atoms with Crippen molar-refractivity contribution in [3.8, 4) is 0 Å². The third kappa shape index (κ3) is 4.95. The highest BCUT2D eigenvalue weighted by atomic mass is 16.5. The molecule has 2 heterocycles. The average molecular weight is 413 g/mol. The van der Waals surface area contributed by atoms with Gasteiger partial charge in [-0.15, -0.1) is 0 Å². The van der Waals surface area contributed by atoms with E-state index in [0.29, 0.717) is 0 Å². The van der Waals surface area contributed by atoms with Gasteiger partial charge in [-0.05, 0) is 31.4 Å². The summed E-state index contributed by atoms with van der Waals surface area (Å²) in [6, 6.07) is 8.30. The van der Waals surface area contributed by atoms with E-state index in [1.165, 1.54) is 37.6 Å². The van der Waals surface area contributed by atoms with Gasteiger partial charge in [-0.1, -0.05) is 31.4 Å². The minimum absolute atomic E-state index is 0.245. The van der Waals surface area contributed by atoms with E-state index in [1.54, 1.807) is 0 Å². The van der Waals surface area contributed by atoms with Crippen molar-refractivity contribution >= 4 is 17.0 Å². The Kier molecular flexibility index (Phi) is 7.23. The summed E-state index contributed by atoms with van der Waals surface area (Å²) in [5.74, 6) is 0.906. The van der Waals surface area contributed by atoms with Crippen LogP contribution in [0.1, 0.15) is 38.5 Å². The number of hydrogen-bond acceptors (Lipinski definition) is 4. The van der Waals surface area contributed by atoms with Crippen LogP contribution >= 0.6 is 0 Å². The first-order chi connectivity index (χ1) is 14.8. The fraction of sp³-hybridized carbons (Fsp3) is 0.652. The number of imidazole rings is 1. The third-order valence-corrected chi connectivity index (χ3v) is 6.67. The van der Waals surface area contributed by atoms with Crippen LogP contribution in [0.25, 0.3) is 11.0 Å². The third-order valence-electron chi connectivity index (χ3n) is 6.67. The van der Waals surface area contributed by atoms with Crippen molar-refractivity contribution in [3.05, 3.63) is 30.6 Å². The summed E-state index contributed by atoms with van der Waals surface area (Å²) in [5, 5.41) is 7.14. The van der Waals surface area contributed by atoms with Crippen molar-refractivity contribution in [2.75, 3.05) is 46.4 Å². The lowest BCUT2D eigenvalue weighted by atomic mass is 9.80. The molecular weight excluding hydrogens is 376 g/mol. The molecule has 0 unspecified atom stereocenters. The van der Waals surface area contributed by atoms with E-state index < -0.39 is 0 Å². The minimum Gasteiger partial charge on any atom is -0.379 e. The maximum absolute atomic E-state index is 5.60. The Morgan fingerprint density at radius 3 is 2.73 bits per heavy atom. The van der Waals surface area contributed by atoms with Crippen molar-refractivity contribution < 1.29 is 4.74 Å². The number of rotatable bonds is 7. The molecule has 1 saturated heterocycles. The number of aliphatic imine (C=N–C) groups is 1. The topological polar surface area (TPSA) is 66.7 Å². The van der Waals surface area contributed by atoms with Crippen LogP contribution in [0.3, 0.4) is 0 Å². The summed E-state index contributed by atoms with van der Waals surface area (Å²) in [6.45, 7) is 6.60. The largest absolute Gasteiger partial charge is 0.379 e. The average Bonchev–Trinajstić information content (AvgIpc) is 3.23. The second-order valence-corrected chi connectivity index (χ2v) is 8.52. The second kappa shape index (κ2) is 10.3. The smallest absolute Gasteiger partial charge is 0.191 e. The number of hydrogen-bond donors (Lipinski definition) is 2. The zero-order chi connectivity index (χ0) is 20.7. The lowest BCUT2D eigenvalue weighted by Gasteiger charge is -2.48. The van der Waals surface area contributed by atoms with Crippen LogP contribution in [0.5, 0.6) is 0 Å². The zero-order valence-electron chi connectivity index (χ0n) is 18.3. The molecule has 2 fully saturated rings. The van der Waals surface area contributed by atoms with Crippen molar-refractivity contribution in [2.24, 2.45) is 4.99 Å². The van der Waals surface area contributed by atoms with E-state index in [0.717, 1.165) is 63.8 Å². The van der Waals surface area contributed by atoms with Gasteiger partial charge in [0.1, 0.15) is 0 Å². The van der Waals surface area contributed by atoms with Gasteiger partial charge in [0.05, 0.1) is 30.6 Å². The molecule has 1 aromatic carbocycles. The van der Waals surface area contributed by atoms with Gasteiger partial charge < -0.3 is 19.9 Å².